The Labute approximate surface area is 232 Å². The molecular weight excluding hydrogens is 536 g/mol. The number of thiazole rings is 1. The van der Waals surface area contributed by atoms with Gasteiger partial charge in [0.1, 0.15) is 24.7 Å². The number of fused-ring (bicyclic) bond motifs is 2. The van der Waals surface area contributed by atoms with Gasteiger partial charge in [-0.25, -0.2) is 4.98 Å². The van der Waals surface area contributed by atoms with E-state index in [0.717, 1.165) is 4.70 Å². The van der Waals surface area contributed by atoms with E-state index in [9.17, 15) is 19.8 Å². The number of methoxy groups -OCH3 is 1. The molecule has 3 heterocycles. The fraction of sp³-hybridized carbons (Fsp3) is 0.207. The first kappa shape index (κ1) is 25.5. The molecule has 0 unspecified atom stereocenters. The van der Waals surface area contributed by atoms with Crippen molar-refractivity contribution in [1.29, 1.82) is 0 Å². The molecule has 10 nitrogen and oxygen atoms in total. The number of aliphatic hydroxyl groups is 1. The highest BCUT2D eigenvalue weighted by atomic mass is 32.1. The molecule has 0 aliphatic carbocycles. The van der Waals surface area contributed by atoms with Crippen molar-refractivity contribution in [3.63, 3.8) is 0 Å². The summed E-state index contributed by atoms with van der Waals surface area (Å²) >= 11 is 1.21. The van der Waals surface area contributed by atoms with Gasteiger partial charge in [-0.05, 0) is 61.0 Å². The minimum atomic E-state index is -1.06. The summed E-state index contributed by atoms with van der Waals surface area (Å²) in [7, 11) is 1.56. The van der Waals surface area contributed by atoms with Crippen LogP contribution >= 0.6 is 11.3 Å². The van der Waals surface area contributed by atoms with E-state index < -0.39 is 17.7 Å². The first-order valence-electron chi connectivity index (χ1n) is 12.5. The van der Waals surface area contributed by atoms with Crippen LogP contribution in [0.1, 0.15) is 24.1 Å². The molecule has 0 saturated carbocycles. The number of rotatable bonds is 6. The fourth-order valence-electron chi connectivity index (χ4n) is 4.79. The van der Waals surface area contributed by atoms with Crippen LogP contribution in [0.15, 0.2) is 60.2 Å². The van der Waals surface area contributed by atoms with E-state index in [2.05, 4.69) is 4.98 Å². The van der Waals surface area contributed by atoms with Gasteiger partial charge in [0.05, 0.1) is 35.5 Å². The van der Waals surface area contributed by atoms with Crippen molar-refractivity contribution in [1.82, 2.24) is 4.98 Å². The molecule has 1 amide bonds. The number of phenolic OH excluding ortho intramolecular Hbond substituents is 1. The summed E-state index contributed by atoms with van der Waals surface area (Å²) in [6.45, 7) is 2.81. The van der Waals surface area contributed by atoms with Gasteiger partial charge in [-0.2, -0.15) is 0 Å². The van der Waals surface area contributed by atoms with Crippen LogP contribution in [0, 0.1) is 0 Å². The zero-order valence-electron chi connectivity index (χ0n) is 21.5. The van der Waals surface area contributed by atoms with Gasteiger partial charge in [0.15, 0.2) is 28.1 Å². The van der Waals surface area contributed by atoms with Gasteiger partial charge in [-0.3, -0.25) is 14.5 Å². The van der Waals surface area contributed by atoms with Gasteiger partial charge in [0, 0.05) is 5.56 Å². The Hall–Kier alpha value is -4.77. The molecule has 1 atom stereocenters. The van der Waals surface area contributed by atoms with E-state index in [0.29, 0.717) is 41.5 Å². The van der Waals surface area contributed by atoms with E-state index in [4.69, 9.17) is 18.9 Å². The maximum Gasteiger partial charge on any atom is 0.301 e. The number of phenols is 1. The molecule has 3 aromatic carbocycles. The quantitative estimate of drug-likeness (QED) is 0.194. The number of ether oxygens (including phenoxy) is 4. The summed E-state index contributed by atoms with van der Waals surface area (Å²) in [5.74, 6) is -0.452. The van der Waals surface area contributed by atoms with Crippen LogP contribution in [0.3, 0.4) is 0 Å². The average molecular weight is 561 g/mol. The Balaban J connectivity index is 1.54. The van der Waals surface area contributed by atoms with Crippen LogP contribution in [0.5, 0.6) is 28.7 Å². The van der Waals surface area contributed by atoms with E-state index in [-0.39, 0.29) is 40.1 Å². The van der Waals surface area contributed by atoms with Gasteiger partial charge < -0.3 is 29.2 Å². The minimum Gasteiger partial charge on any atom is -0.507 e. The van der Waals surface area contributed by atoms with Gasteiger partial charge in [0.25, 0.3) is 5.78 Å². The number of nitrogens with zero attached hydrogens (tertiary/aromatic N) is 2. The molecule has 2 aliphatic heterocycles. The molecule has 6 rings (SSSR count). The van der Waals surface area contributed by atoms with Crippen LogP contribution in [-0.4, -0.2) is 53.8 Å². The largest absolute Gasteiger partial charge is 0.507 e. The Morgan fingerprint density at radius 2 is 1.88 bits per heavy atom. The van der Waals surface area contributed by atoms with E-state index in [1.165, 1.54) is 22.3 Å². The first-order valence-corrected chi connectivity index (χ1v) is 13.3. The number of ketones is 1. The zero-order chi connectivity index (χ0) is 28.0. The normalized spacial score (nSPS) is 17.9. The third-order valence-corrected chi connectivity index (χ3v) is 7.67. The minimum absolute atomic E-state index is 0.0959. The highest BCUT2D eigenvalue weighted by Crippen LogP contribution is 2.46. The number of carbonyl (C=O) groups excluding carboxylic acids is 2. The summed E-state index contributed by atoms with van der Waals surface area (Å²) in [5, 5.41) is 22.1. The Bertz CT molecular complexity index is 1690. The maximum atomic E-state index is 13.6. The van der Waals surface area contributed by atoms with Crippen LogP contribution in [-0.2, 0) is 9.59 Å². The lowest BCUT2D eigenvalue weighted by atomic mass is 9.95. The Morgan fingerprint density at radius 3 is 2.65 bits per heavy atom. The number of Topliss-reactive ketones (excluding diaryl/α,β-unsaturated/α-hetero) is 1. The van der Waals surface area contributed by atoms with Gasteiger partial charge in [-0.1, -0.05) is 17.4 Å². The summed E-state index contributed by atoms with van der Waals surface area (Å²) in [5.41, 5.74) is 1.21. The smallest absolute Gasteiger partial charge is 0.301 e. The van der Waals surface area contributed by atoms with Crippen molar-refractivity contribution in [2.24, 2.45) is 0 Å². The second-order valence-corrected chi connectivity index (χ2v) is 10.0. The number of aromatic nitrogens is 1. The summed E-state index contributed by atoms with van der Waals surface area (Å²) in [6.07, 6.45) is 0. The van der Waals surface area contributed by atoms with Crippen LogP contribution in [0.25, 0.3) is 16.0 Å². The van der Waals surface area contributed by atoms with Crippen molar-refractivity contribution in [2.75, 3.05) is 31.8 Å². The number of aromatic hydroxyl groups is 1. The third-order valence-electron chi connectivity index (χ3n) is 6.65. The number of aliphatic hydroxyl groups excluding tert-OH is 1. The van der Waals surface area contributed by atoms with Crippen molar-refractivity contribution >= 4 is 44.1 Å². The third kappa shape index (κ3) is 4.24. The zero-order valence-corrected chi connectivity index (χ0v) is 22.4. The molecule has 0 radical (unpaired) electrons. The maximum absolute atomic E-state index is 13.6. The van der Waals surface area contributed by atoms with E-state index in [1.807, 2.05) is 0 Å². The molecule has 1 aromatic heterocycles. The topological polar surface area (TPSA) is 128 Å². The van der Waals surface area contributed by atoms with Gasteiger partial charge in [-0.15, -0.1) is 0 Å². The molecule has 4 aromatic rings. The van der Waals surface area contributed by atoms with Crippen LogP contribution < -0.4 is 23.8 Å². The molecule has 2 N–H and O–H groups in total. The molecule has 0 spiro atoms. The lowest BCUT2D eigenvalue weighted by molar-refractivity contribution is -0.132. The number of benzene rings is 3. The molecular formula is C29H24N2O8S. The predicted molar refractivity (Wildman–Crippen MR) is 148 cm³/mol. The highest BCUT2D eigenvalue weighted by Gasteiger charge is 2.48. The van der Waals surface area contributed by atoms with Crippen LogP contribution in [0.4, 0.5) is 5.13 Å². The molecule has 1 saturated heterocycles. The summed E-state index contributed by atoms with van der Waals surface area (Å²) in [6, 6.07) is 13.6. The molecule has 0 bridgehead atoms. The Morgan fingerprint density at radius 1 is 1.07 bits per heavy atom. The lowest BCUT2D eigenvalue weighted by Gasteiger charge is -2.24. The number of anilines is 1. The van der Waals surface area contributed by atoms with Crippen molar-refractivity contribution in [3.05, 3.63) is 71.3 Å². The van der Waals surface area contributed by atoms with E-state index >= 15 is 0 Å². The number of carbonyl (C=O) groups is 2. The Kier molecular flexibility index (Phi) is 6.43. The van der Waals surface area contributed by atoms with E-state index in [1.54, 1.807) is 62.6 Å². The van der Waals surface area contributed by atoms with Crippen LogP contribution in [0.2, 0.25) is 0 Å². The predicted octanol–water partition coefficient (Wildman–Crippen LogP) is 4.81. The molecule has 1 fully saturated rings. The van der Waals surface area contributed by atoms with Gasteiger partial charge >= 0.3 is 5.91 Å². The summed E-state index contributed by atoms with van der Waals surface area (Å²) in [4.78, 5) is 33.1. The highest BCUT2D eigenvalue weighted by molar-refractivity contribution is 7.22. The second kappa shape index (κ2) is 10.1. The number of hydrogen-bond donors (Lipinski definition) is 2. The van der Waals surface area contributed by atoms with Crippen molar-refractivity contribution in [3.8, 4) is 28.7 Å². The molecule has 40 heavy (non-hydrogen) atoms. The number of hydrogen-bond acceptors (Lipinski definition) is 10. The second-order valence-electron chi connectivity index (χ2n) is 9.02. The summed E-state index contributed by atoms with van der Waals surface area (Å²) < 4.78 is 22.9. The lowest BCUT2D eigenvalue weighted by Crippen LogP contribution is -2.29. The average Bonchev–Trinajstić information content (AvgIpc) is 3.51. The number of amides is 1. The standard InChI is InChI=1S/C29H24N2O8S/c1-3-37-21-12-15(4-8-19(21)32)25-24(26(33)16-5-9-20-22(13-16)39-11-10-38-20)27(34)28(35)31(25)29-30-18-7-6-17(36-2)14-23(18)40-29/h4-9,12-14,25,32-33H,3,10-11H2,1-2H3/b26-24+/t25-/m1/s1. The molecule has 2 aliphatic rings. The SMILES string of the molecule is CCOc1cc([C@@H]2/C(=C(\O)c3ccc4c(c3)OCCO4)C(=O)C(=O)N2c2nc3ccc(OC)cc3s2)ccc1O. The molecule has 204 valence electrons. The molecule has 11 heteroatoms. The van der Waals surface area contributed by atoms with Crippen molar-refractivity contribution < 1.29 is 38.7 Å². The fourth-order valence-corrected chi connectivity index (χ4v) is 5.81. The van der Waals surface area contributed by atoms with Gasteiger partial charge in [0.2, 0.25) is 0 Å². The first-order chi connectivity index (χ1) is 19.4. The monoisotopic (exact) mass is 560 g/mol. The van der Waals surface area contributed by atoms with Crippen molar-refractivity contribution in [2.45, 2.75) is 13.0 Å².